The van der Waals surface area contributed by atoms with Crippen LogP contribution in [-0.2, 0) is 27.3 Å². The van der Waals surface area contributed by atoms with Gasteiger partial charge in [-0.1, -0.05) is 5.21 Å². The zero-order valence-corrected chi connectivity index (χ0v) is 11.1. The summed E-state index contributed by atoms with van der Waals surface area (Å²) in [5.74, 6) is -0.997. The van der Waals surface area contributed by atoms with Crippen LogP contribution >= 0.6 is 0 Å². The number of aromatic nitrogens is 3. The molecule has 1 aromatic rings. The first kappa shape index (κ1) is 14.4. The molecule has 20 heavy (non-hydrogen) atoms. The lowest BCUT2D eigenvalue weighted by molar-refractivity contribution is -0.137. The van der Waals surface area contributed by atoms with E-state index in [9.17, 15) is 9.59 Å². The lowest BCUT2D eigenvalue weighted by Gasteiger charge is -2.22. The number of hydrogen-bond acceptors (Lipinski definition) is 5. The quantitative estimate of drug-likeness (QED) is 0.734. The van der Waals surface area contributed by atoms with Gasteiger partial charge in [0.2, 0.25) is 5.91 Å². The van der Waals surface area contributed by atoms with Gasteiger partial charge in [0.15, 0.2) is 0 Å². The Morgan fingerprint density at radius 1 is 1.45 bits per heavy atom. The molecule has 1 aliphatic rings. The van der Waals surface area contributed by atoms with Crippen molar-refractivity contribution in [2.24, 2.45) is 0 Å². The molecule has 1 amide bonds. The highest BCUT2D eigenvalue weighted by Gasteiger charge is 2.16. The molecule has 1 fully saturated rings. The molecule has 2 N–H and O–H groups in total. The molecule has 8 nitrogen and oxygen atoms in total. The van der Waals surface area contributed by atoms with Crippen molar-refractivity contribution in [2.45, 2.75) is 38.3 Å². The van der Waals surface area contributed by atoms with E-state index in [4.69, 9.17) is 9.84 Å². The Morgan fingerprint density at radius 2 is 2.20 bits per heavy atom. The smallest absolute Gasteiger partial charge is 0.303 e. The molecule has 0 unspecified atom stereocenters. The molecule has 0 spiro atoms. The first-order valence-electron chi connectivity index (χ1n) is 6.61. The van der Waals surface area contributed by atoms with Gasteiger partial charge in [-0.15, -0.1) is 5.10 Å². The zero-order valence-electron chi connectivity index (χ0n) is 11.1. The van der Waals surface area contributed by atoms with Gasteiger partial charge in [-0.05, 0) is 12.8 Å². The summed E-state index contributed by atoms with van der Waals surface area (Å²) in [6.45, 7) is 1.44. The van der Waals surface area contributed by atoms with Gasteiger partial charge in [-0.25, -0.2) is 4.68 Å². The van der Waals surface area contributed by atoms with Crippen LogP contribution in [0.3, 0.4) is 0 Å². The van der Waals surface area contributed by atoms with E-state index in [0.29, 0.717) is 25.3 Å². The van der Waals surface area contributed by atoms with Gasteiger partial charge in [-0.2, -0.15) is 0 Å². The summed E-state index contributed by atoms with van der Waals surface area (Å²) in [5, 5.41) is 19.2. The van der Waals surface area contributed by atoms with Crippen LogP contribution in [-0.4, -0.2) is 51.2 Å². The Hall–Kier alpha value is -1.96. The average molecular weight is 282 g/mol. The Kier molecular flexibility index (Phi) is 5.05. The van der Waals surface area contributed by atoms with Crippen molar-refractivity contribution >= 4 is 11.9 Å². The van der Waals surface area contributed by atoms with Crippen molar-refractivity contribution in [3.63, 3.8) is 0 Å². The van der Waals surface area contributed by atoms with E-state index < -0.39 is 5.97 Å². The fourth-order valence-electron chi connectivity index (χ4n) is 2.03. The second-order valence-corrected chi connectivity index (χ2v) is 4.76. The number of rotatable bonds is 6. The Bertz CT molecular complexity index is 468. The van der Waals surface area contributed by atoms with Crippen LogP contribution in [0.2, 0.25) is 0 Å². The number of carbonyl (C=O) groups excluding carboxylic acids is 1. The fraction of sp³-hybridized carbons (Fsp3) is 0.667. The van der Waals surface area contributed by atoms with E-state index in [1.165, 1.54) is 4.68 Å². The summed E-state index contributed by atoms with van der Waals surface area (Å²) in [5.41, 5.74) is 0.575. The maximum atomic E-state index is 11.8. The Morgan fingerprint density at radius 3 is 2.90 bits per heavy atom. The zero-order chi connectivity index (χ0) is 14.4. The normalized spacial score (nSPS) is 16.0. The number of ether oxygens (including phenoxy) is 1. The molecule has 2 heterocycles. The van der Waals surface area contributed by atoms with E-state index >= 15 is 0 Å². The van der Waals surface area contributed by atoms with Crippen LogP contribution in [0.15, 0.2) is 6.20 Å². The number of carboxylic acids is 1. The van der Waals surface area contributed by atoms with Crippen molar-refractivity contribution in [3.05, 3.63) is 11.9 Å². The maximum Gasteiger partial charge on any atom is 0.303 e. The number of amides is 1. The number of hydrogen-bond donors (Lipinski definition) is 2. The Labute approximate surface area is 116 Å². The van der Waals surface area contributed by atoms with Crippen LogP contribution in [0.5, 0.6) is 0 Å². The molecular weight excluding hydrogens is 264 g/mol. The average Bonchev–Trinajstić information content (AvgIpc) is 2.85. The lowest BCUT2D eigenvalue weighted by Crippen LogP contribution is -2.40. The molecule has 0 aromatic carbocycles. The van der Waals surface area contributed by atoms with Gasteiger partial charge < -0.3 is 15.2 Å². The lowest BCUT2D eigenvalue weighted by atomic mass is 10.1. The predicted molar refractivity (Wildman–Crippen MR) is 68.0 cm³/mol. The third-order valence-electron chi connectivity index (χ3n) is 3.07. The predicted octanol–water partition coefficient (Wildman–Crippen LogP) is -0.409. The highest BCUT2D eigenvalue weighted by molar-refractivity contribution is 5.75. The fourth-order valence-corrected chi connectivity index (χ4v) is 2.03. The van der Waals surface area contributed by atoms with Crippen molar-refractivity contribution in [2.75, 3.05) is 13.2 Å². The molecule has 0 atom stereocenters. The molecule has 0 aliphatic carbocycles. The van der Waals surface area contributed by atoms with Gasteiger partial charge in [0.25, 0.3) is 0 Å². The molecule has 8 heteroatoms. The highest BCUT2D eigenvalue weighted by Crippen LogP contribution is 2.06. The number of aryl methyl sites for hydroxylation is 1. The standard InChI is InChI=1S/C12H18N4O4/c17-11(13-9-3-5-20-6-4-9)8-16-7-10(14-15-16)1-2-12(18)19/h7,9H,1-6,8H2,(H,13,17)(H,18,19). The summed E-state index contributed by atoms with van der Waals surface area (Å²) >= 11 is 0. The molecule has 0 saturated carbocycles. The topological polar surface area (TPSA) is 106 Å². The first-order chi connectivity index (χ1) is 9.63. The molecule has 2 rings (SSSR count). The molecule has 110 valence electrons. The summed E-state index contributed by atoms with van der Waals surface area (Å²) in [6, 6.07) is 0.159. The Balaban J connectivity index is 1.77. The third-order valence-corrected chi connectivity index (χ3v) is 3.07. The molecule has 0 bridgehead atoms. The van der Waals surface area contributed by atoms with Crippen molar-refractivity contribution in [3.8, 4) is 0 Å². The molecule has 1 aliphatic heterocycles. The summed E-state index contributed by atoms with van der Waals surface area (Å²) in [7, 11) is 0. The monoisotopic (exact) mass is 282 g/mol. The van der Waals surface area contributed by atoms with E-state index in [2.05, 4.69) is 15.6 Å². The number of carboxylic acid groups (broad SMARTS) is 1. The van der Waals surface area contributed by atoms with Gasteiger partial charge in [-0.3, -0.25) is 9.59 Å². The van der Waals surface area contributed by atoms with Crippen LogP contribution in [0.1, 0.15) is 25.0 Å². The second kappa shape index (κ2) is 6.99. The number of nitrogens with one attached hydrogen (secondary N) is 1. The second-order valence-electron chi connectivity index (χ2n) is 4.76. The minimum atomic E-state index is -0.878. The van der Waals surface area contributed by atoms with Crippen molar-refractivity contribution < 1.29 is 19.4 Å². The van der Waals surface area contributed by atoms with E-state index in [1.807, 2.05) is 0 Å². The SMILES string of the molecule is O=C(O)CCc1cn(CC(=O)NC2CCOCC2)nn1. The van der Waals surface area contributed by atoms with Crippen LogP contribution in [0.25, 0.3) is 0 Å². The molecular formula is C12H18N4O4. The van der Waals surface area contributed by atoms with Gasteiger partial charge in [0, 0.05) is 31.9 Å². The minimum absolute atomic E-state index is 0.00691. The first-order valence-corrected chi connectivity index (χ1v) is 6.61. The van der Waals surface area contributed by atoms with Crippen LogP contribution in [0.4, 0.5) is 0 Å². The van der Waals surface area contributed by atoms with Gasteiger partial charge in [0.05, 0.1) is 12.1 Å². The largest absolute Gasteiger partial charge is 0.481 e. The summed E-state index contributed by atoms with van der Waals surface area (Å²) < 4.78 is 6.64. The summed E-state index contributed by atoms with van der Waals surface area (Å²) in [6.07, 6.45) is 3.58. The molecule has 1 aromatic heterocycles. The van der Waals surface area contributed by atoms with Crippen molar-refractivity contribution in [1.82, 2.24) is 20.3 Å². The number of nitrogens with zero attached hydrogens (tertiary/aromatic N) is 3. The van der Waals surface area contributed by atoms with E-state index in [-0.39, 0.29) is 24.9 Å². The maximum absolute atomic E-state index is 11.8. The van der Waals surface area contributed by atoms with Crippen molar-refractivity contribution in [1.29, 1.82) is 0 Å². The number of carbonyl (C=O) groups is 2. The van der Waals surface area contributed by atoms with Gasteiger partial charge >= 0.3 is 5.97 Å². The van der Waals surface area contributed by atoms with E-state index in [1.54, 1.807) is 6.20 Å². The third kappa shape index (κ3) is 4.61. The summed E-state index contributed by atoms with van der Waals surface area (Å²) in [4.78, 5) is 22.3. The number of aliphatic carboxylic acids is 1. The molecule has 1 saturated heterocycles. The highest BCUT2D eigenvalue weighted by atomic mass is 16.5. The van der Waals surface area contributed by atoms with E-state index in [0.717, 1.165) is 12.8 Å². The minimum Gasteiger partial charge on any atom is -0.481 e. The molecule has 0 radical (unpaired) electrons. The van der Waals surface area contributed by atoms with Crippen LogP contribution in [0, 0.1) is 0 Å². The van der Waals surface area contributed by atoms with Gasteiger partial charge in [0.1, 0.15) is 6.54 Å². The van der Waals surface area contributed by atoms with Crippen LogP contribution < -0.4 is 5.32 Å².